The van der Waals surface area contributed by atoms with Gasteiger partial charge in [-0.15, -0.1) is 0 Å². The molecular weight excluding hydrogens is 358 g/mol. The molecule has 0 saturated heterocycles. The van der Waals surface area contributed by atoms with Gasteiger partial charge in [0.15, 0.2) is 0 Å². The van der Waals surface area contributed by atoms with Gasteiger partial charge in [0, 0.05) is 43.0 Å². The number of aromatic nitrogens is 3. The Morgan fingerprint density at radius 3 is 2.69 bits per heavy atom. The lowest BCUT2D eigenvalue weighted by molar-refractivity contribution is -0.117. The van der Waals surface area contributed by atoms with Gasteiger partial charge in [0.05, 0.1) is 5.69 Å². The van der Waals surface area contributed by atoms with E-state index < -0.39 is 11.8 Å². The molecule has 0 unspecified atom stereocenters. The predicted molar refractivity (Wildman–Crippen MR) is 97.0 cm³/mol. The molecule has 1 aromatic carbocycles. The maximum atomic E-state index is 12.6. The number of carbonyl (C=O) groups excluding carboxylic acids is 2. The molecule has 0 fully saturated rings. The van der Waals surface area contributed by atoms with Crippen molar-refractivity contribution in [3.8, 4) is 11.3 Å². The minimum Gasteiger partial charge on any atom is -0.370 e. The molecule has 2 heterocycles. The van der Waals surface area contributed by atoms with E-state index in [1.54, 1.807) is 31.4 Å². The Kier molecular flexibility index (Phi) is 4.77. The Morgan fingerprint density at radius 2 is 2.00 bits per heavy atom. The summed E-state index contributed by atoms with van der Waals surface area (Å²) in [5.74, 6) is -1.00. The van der Waals surface area contributed by atoms with Crippen molar-refractivity contribution in [3.63, 3.8) is 0 Å². The third kappa shape index (κ3) is 3.31. The summed E-state index contributed by atoms with van der Waals surface area (Å²) in [6.07, 6.45) is 3.17. The van der Waals surface area contributed by atoms with Crippen molar-refractivity contribution in [2.45, 2.75) is 6.42 Å². The van der Waals surface area contributed by atoms with Crippen LogP contribution >= 0.6 is 11.6 Å². The van der Waals surface area contributed by atoms with Crippen molar-refractivity contribution in [1.82, 2.24) is 19.3 Å². The first-order valence-electron chi connectivity index (χ1n) is 7.78. The number of hydrogen-bond donors (Lipinski definition) is 2. The number of halogens is 1. The van der Waals surface area contributed by atoms with Gasteiger partial charge in [0.25, 0.3) is 11.5 Å². The second-order valence-electron chi connectivity index (χ2n) is 5.69. The molecule has 0 aliphatic carbocycles. The molecule has 2 amide bonds. The largest absolute Gasteiger partial charge is 0.370 e. The van der Waals surface area contributed by atoms with Gasteiger partial charge in [-0.2, -0.15) is 0 Å². The van der Waals surface area contributed by atoms with Gasteiger partial charge in [-0.05, 0) is 6.07 Å². The predicted octanol–water partition coefficient (Wildman–Crippen LogP) is 0.959. The lowest BCUT2D eigenvalue weighted by Gasteiger charge is -2.10. The minimum atomic E-state index is -0.515. The molecule has 0 saturated carbocycles. The minimum absolute atomic E-state index is 0.0253. The second kappa shape index (κ2) is 7.01. The maximum absolute atomic E-state index is 12.6. The quantitative estimate of drug-likeness (QED) is 0.693. The number of benzene rings is 1. The molecule has 0 atom stereocenters. The Labute approximate surface area is 153 Å². The van der Waals surface area contributed by atoms with Crippen molar-refractivity contribution in [2.75, 3.05) is 6.54 Å². The number of imidazole rings is 1. The van der Waals surface area contributed by atoms with E-state index in [9.17, 15) is 14.4 Å². The Hall–Kier alpha value is -3.13. The highest BCUT2D eigenvalue weighted by molar-refractivity contribution is 6.33. The number of amides is 2. The van der Waals surface area contributed by atoms with Crippen LogP contribution in [0.15, 0.2) is 41.5 Å². The van der Waals surface area contributed by atoms with Crippen molar-refractivity contribution < 1.29 is 9.59 Å². The number of nitrogens with one attached hydrogen (secondary N) is 1. The molecule has 0 aliphatic heterocycles. The van der Waals surface area contributed by atoms with Gasteiger partial charge in [-0.25, -0.2) is 4.98 Å². The lowest BCUT2D eigenvalue weighted by atomic mass is 10.1. The first-order valence-corrected chi connectivity index (χ1v) is 8.16. The number of nitrogens with zero attached hydrogens (tertiary/aromatic N) is 3. The van der Waals surface area contributed by atoms with Crippen LogP contribution in [0.2, 0.25) is 5.02 Å². The average molecular weight is 374 g/mol. The Morgan fingerprint density at radius 1 is 1.27 bits per heavy atom. The van der Waals surface area contributed by atoms with E-state index in [0.717, 1.165) is 0 Å². The number of rotatable bonds is 5. The zero-order chi connectivity index (χ0) is 18.8. The molecule has 0 spiro atoms. The van der Waals surface area contributed by atoms with E-state index in [4.69, 9.17) is 17.3 Å². The monoisotopic (exact) mass is 373 g/mol. The topological polar surface area (TPSA) is 111 Å². The van der Waals surface area contributed by atoms with Gasteiger partial charge in [-0.1, -0.05) is 29.8 Å². The summed E-state index contributed by atoms with van der Waals surface area (Å²) in [4.78, 5) is 39.6. The van der Waals surface area contributed by atoms with Crippen molar-refractivity contribution in [1.29, 1.82) is 0 Å². The molecular formula is C17H16ClN5O3. The first kappa shape index (κ1) is 17.7. The summed E-state index contributed by atoms with van der Waals surface area (Å²) in [6, 6.07) is 7.16. The normalized spacial score (nSPS) is 10.8. The van der Waals surface area contributed by atoms with Gasteiger partial charge >= 0.3 is 0 Å². The Bertz CT molecular complexity index is 1070. The fraction of sp³-hybridized carbons (Fsp3) is 0.176. The second-order valence-corrected chi connectivity index (χ2v) is 6.09. The number of carbonyl (C=O) groups is 2. The van der Waals surface area contributed by atoms with Gasteiger partial charge < -0.3 is 15.6 Å². The van der Waals surface area contributed by atoms with E-state index >= 15 is 0 Å². The van der Waals surface area contributed by atoms with E-state index in [1.165, 1.54) is 15.2 Å². The summed E-state index contributed by atoms with van der Waals surface area (Å²) in [6.45, 7) is 0.102. The molecule has 8 nitrogen and oxygen atoms in total. The van der Waals surface area contributed by atoms with Crippen LogP contribution in [-0.4, -0.2) is 32.3 Å². The van der Waals surface area contributed by atoms with E-state index in [1.807, 2.05) is 6.07 Å². The zero-order valence-corrected chi connectivity index (χ0v) is 14.7. The number of hydrogen-bond acceptors (Lipinski definition) is 4. The van der Waals surface area contributed by atoms with Gasteiger partial charge in [0.2, 0.25) is 11.6 Å². The first-order chi connectivity index (χ1) is 12.4. The molecule has 0 bridgehead atoms. The number of primary amides is 1. The molecule has 3 rings (SSSR count). The Balaban J connectivity index is 2.01. The smallest absolute Gasteiger partial charge is 0.294 e. The van der Waals surface area contributed by atoms with Crippen LogP contribution in [0.4, 0.5) is 0 Å². The summed E-state index contributed by atoms with van der Waals surface area (Å²) >= 11 is 6.23. The van der Waals surface area contributed by atoms with E-state index in [-0.39, 0.29) is 29.9 Å². The van der Waals surface area contributed by atoms with E-state index in [0.29, 0.717) is 16.3 Å². The van der Waals surface area contributed by atoms with Crippen molar-refractivity contribution >= 4 is 29.1 Å². The third-order valence-electron chi connectivity index (χ3n) is 3.89. The molecule has 2 aromatic heterocycles. The number of nitrogens with two attached hydrogens (primary N) is 1. The molecule has 26 heavy (non-hydrogen) atoms. The maximum Gasteiger partial charge on any atom is 0.294 e. The molecule has 0 radical (unpaired) electrons. The third-order valence-corrected chi connectivity index (χ3v) is 4.22. The fourth-order valence-electron chi connectivity index (χ4n) is 2.55. The van der Waals surface area contributed by atoms with Crippen molar-refractivity contribution in [3.05, 3.63) is 57.7 Å². The summed E-state index contributed by atoms with van der Waals surface area (Å²) in [5.41, 5.74) is 6.14. The van der Waals surface area contributed by atoms with E-state index in [2.05, 4.69) is 10.3 Å². The molecule has 3 aromatic rings. The highest BCUT2D eigenvalue weighted by Gasteiger charge is 2.16. The molecule has 0 aliphatic rings. The lowest BCUT2D eigenvalue weighted by Crippen LogP contribution is -2.28. The highest BCUT2D eigenvalue weighted by atomic mass is 35.5. The van der Waals surface area contributed by atoms with Crippen LogP contribution in [0.3, 0.4) is 0 Å². The zero-order valence-electron chi connectivity index (χ0n) is 13.9. The summed E-state index contributed by atoms with van der Waals surface area (Å²) in [5, 5.41) is 3.04. The summed E-state index contributed by atoms with van der Waals surface area (Å²) < 4.78 is 2.92. The van der Waals surface area contributed by atoms with Crippen LogP contribution < -0.4 is 16.6 Å². The number of fused-ring (bicyclic) bond motifs is 1. The van der Waals surface area contributed by atoms with Crippen molar-refractivity contribution in [2.24, 2.45) is 12.8 Å². The molecule has 3 N–H and O–H groups in total. The SMILES string of the molecule is Cn1c(-c2ccccc2Cl)cn2cc(C(=O)NCCC(N)=O)nc2c1=O. The summed E-state index contributed by atoms with van der Waals surface area (Å²) in [7, 11) is 1.61. The molecule has 9 heteroatoms. The van der Waals surface area contributed by atoms with Gasteiger partial charge in [-0.3, -0.25) is 18.8 Å². The van der Waals surface area contributed by atoms with Crippen LogP contribution in [0.25, 0.3) is 16.9 Å². The van der Waals surface area contributed by atoms with Crippen LogP contribution in [0.5, 0.6) is 0 Å². The standard InChI is InChI=1S/C17H16ClN5O3/c1-22-13(10-4-2-3-5-11(10)18)9-23-8-12(21-15(23)17(22)26)16(25)20-7-6-14(19)24/h2-5,8-9H,6-7H2,1H3,(H2,19,24)(H,20,25). The van der Waals surface area contributed by atoms with Crippen LogP contribution in [0.1, 0.15) is 16.9 Å². The highest BCUT2D eigenvalue weighted by Crippen LogP contribution is 2.26. The fourth-order valence-corrected chi connectivity index (χ4v) is 2.78. The molecule has 134 valence electrons. The van der Waals surface area contributed by atoms with Gasteiger partial charge in [0.1, 0.15) is 5.69 Å². The van der Waals surface area contributed by atoms with Crippen LogP contribution in [0, 0.1) is 0 Å². The average Bonchev–Trinajstić information content (AvgIpc) is 3.03. The van der Waals surface area contributed by atoms with Crippen LogP contribution in [-0.2, 0) is 11.8 Å².